The maximum Gasteiger partial charge on any atom is 0.319 e. The van der Waals surface area contributed by atoms with Gasteiger partial charge >= 0.3 is 6.03 Å². The number of benzene rings is 2. The lowest BCUT2D eigenvalue weighted by atomic mass is 9.95. The lowest BCUT2D eigenvalue weighted by Crippen LogP contribution is -2.39. The predicted molar refractivity (Wildman–Crippen MR) is 118 cm³/mol. The number of nitrogens with zero attached hydrogens (tertiary/aromatic N) is 2. The van der Waals surface area contributed by atoms with Crippen LogP contribution >= 0.6 is 0 Å². The summed E-state index contributed by atoms with van der Waals surface area (Å²) in [6.45, 7) is 1.71. The van der Waals surface area contributed by atoms with Gasteiger partial charge in [0.2, 0.25) is 5.91 Å². The molecule has 0 bridgehead atoms. The van der Waals surface area contributed by atoms with E-state index in [1.165, 1.54) is 0 Å². The molecule has 1 saturated heterocycles. The van der Waals surface area contributed by atoms with E-state index in [-0.39, 0.29) is 17.9 Å². The number of carbonyl (C=O) groups is 2. The lowest BCUT2D eigenvalue weighted by molar-refractivity contribution is -0.117. The van der Waals surface area contributed by atoms with Crippen molar-refractivity contribution in [3.8, 4) is 0 Å². The van der Waals surface area contributed by atoms with E-state index in [1.807, 2.05) is 61.5 Å². The largest absolute Gasteiger partial charge is 0.388 e. The number of hydrogen-bond acceptors (Lipinski definition) is 4. The van der Waals surface area contributed by atoms with Crippen LogP contribution in [0.25, 0.3) is 0 Å². The highest BCUT2D eigenvalue weighted by atomic mass is 16.3. The van der Waals surface area contributed by atoms with Crippen LogP contribution in [-0.4, -0.2) is 55.7 Å². The topological polar surface area (TPSA) is 84.9 Å². The molecule has 0 aliphatic carbocycles. The Morgan fingerprint density at radius 1 is 1.13 bits per heavy atom. The van der Waals surface area contributed by atoms with Crippen molar-refractivity contribution in [2.24, 2.45) is 5.92 Å². The number of aliphatic hydroxyl groups is 1. The van der Waals surface area contributed by atoms with E-state index < -0.39 is 6.10 Å². The molecule has 1 aliphatic rings. The van der Waals surface area contributed by atoms with E-state index in [0.29, 0.717) is 25.2 Å². The minimum atomic E-state index is -0.675. The van der Waals surface area contributed by atoms with Gasteiger partial charge < -0.3 is 25.5 Å². The zero-order valence-corrected chi connectivity index (χ0v) is 17.5. The van der Waals surface area contributed by atoms with E-state index in [9.17, 15) is 14.7 Å². The van der Waals surface area contributed by atoms with Crippen LogP contribution in [0.5, 0.6) is 0 Å². The first-order chi connectivity index (χ1) is 14.4. The molecule has 0 radical (unpaired) electrons. The molecule has 0 spiro atoms. The number of carbonyl (C=O) groups excluding carboxylic acids is 2. The number of amides is 3. The van der Waals surface area contributed by atoms with Gasteiger partial charge in [-0.25, -0.2) is 4.79 Å². The summed E-state index contributed by atoms with van der Waals surface area (Å²) in [5, 5.41) is 16.4. The van der Waals surface area contributed by atoms with Crippen molar-refractivity contribution in [1.29, 1.82) is 0 Å². The van der Waals surface area contributed by atoms with Crippen LogP contribution < -0.4 is 15.5 Å². The van der Waals surface area contributed by atoms with E-state index >= 15 is 0 Å². The summed E-state index contributed by atoms with van der Waals surface area (Å²) in [5.74, 6) is -0.0194. The fourth-order valence-corrected chi connectivity index (χ4v) is 3.71. The van der Waals surface area contributed by atoms with E-state index in [4.69, 9.17) is 0 Å². The smallest absolute Gasteiger partial charge is 0.319 e. The van der Waals surface area contributed by atoms with Gasteiger partial charge in [-0.05, 0) is 50.3 Å². The molecule has 160 valence electrons. The van der Waals surface area contributed by atoms with Gasteiger partial charge in [0, 0.05) is 43.3 Å². The van der Waals surface area contributed by atoms with Crippen LogP contribution in [0.4, 0.5) is 16.2 Å². The summed E-state index contributed by atoms with van der Waals surface area (Å²) in [6.07, 6.45) is 0.793. The van der Waals surface area contributed by atoms with Crippen LogP contribution in [-0.2, 0) is 4.79 Å². The Labute approximate surface area is 177 Å². The molecule has 2 atom stereocenters. The molecule has 3 amide bonds. The first-order valence-electron chi connectivity index (χ1n) is 10.3. The van der Waals surface area contributed by atoms with Gasteiger partial charge in [0.25, 0.3) is 0 Å². The fraction of sp³-hybridized carbons (Fsp3) is 0.391. The second-order valence-corrected chi connectivity index (χ2v) is 7.91. The lowest BCUT2D eigenvalue weighted by Gasteiger charge is -2.26. The fourth-order valence-electron chi connectivity index (χ4n) is 3.71. The summed E-state index contributed by atoms with van der Waals surface area (Å²) in [6, 6.07) is 16.4. The molecule has 7 heteroatoms. The molecular formula is C23H30N4O3. The second kappa shape index (κ2) is 10.2. The van der Waals surface area contributed by atoms with Crippen LogP contribution in [0, 0.1) is 5.92 Å². The normalized spacial score (nSPS) is 15.9. The highest BCUT2D eigenvalue weighted by Crippen LogP contribution is 2.24. The molecule has 2 aromatic carbocycles. The van der Waals surface area contributed by atoms with Gasteiger partial charge in [0.1, 0.15) is 0 Å². The van der Waals surface area contributed by atoms with Gasteiger partial charge in [0.05, 0.1) is 6.10 Å². The van der Waals surface area contributed by atoms with Gasteiger partial charge in [-0.1, -0.05) is 30.3 Å². The first-order valence-corrected chi connectivity index (χ1v) is 10.3. The van der Waals surface area contributed by atoms with E-state index in [1.54, 1.807) is 17.0 Å². The van der Waals surface area contributed by atoms with Gasteiger partial charge in [-0.15, -0.1) is 0 Å². The van der Waals surface area contributed by atoms with Gasteiger partial charge in [0.15, 0.2) is 0 Å². The molecule has 2 aromatic rings. The quantitative estimate of drug-likeness (QED) is 0.625. The molecule has 0 unspecified atom stereocenters. The van der Waals surface area contributed by atoms with Crippen molar-refractivity contribution >= 4 is 23.3 Å². The summed E-state index contributed by atoms with van der Waals surface area (Å²) < 4.78 is 0. The van der Waals surface area contributed by atoms with Crippen molar-refractivity contribution in [2.45, 2.75) is 18.9 Å². The van der Waals surface area contributed by atoms with Gasteiger partial charge in [-0.3, -0.25) is 4.79 Å². The molecule has 30 heavy (non-hydrogen) atoms. The average Bonchev–Trinajstić information content (AvgIpc) is 3.17. The summed E-state index contributed by atoms with van der Waals surface area (Å²) >= 11 is 0. The predicted octanol–water partition coefficient (Wildman–Crippen LogP) is 2.85. The molecule has 0 aromatic heterocycles. The molecule has 1 aliphatic heterocycles. The van der Waals surface area contributed by atoms with Crippen molar-refractivity contribution < 1.29 is 14.7 Å². The highest BCUT2D eigenvalue weighted by Gasteiger charge is 2.23. The molecule has 3 rings (SSSR count). The van der Waals surface area contributed by atoms with Crippen LogP contribution in [0.15, 0.2) is 54.6 Å². The Bertz CT molecular complexity index is 839. The van der Waals surface area contributed by atoms with Crippen LogP contribution in [0.1, 0.15) is 24.5 Å². The number of anilines is 2. The van der Waals surface area contributed by atoms with Crippen molar-refractivity contribution in [1.82, 2.24) is 10.2 Å². The van der Waals surface area contributed by atoms with E-state index in [0.717, 1.165) is 24.2 Å². The zero-order valence-electron chi connectivity index (χ0n) is 17.5. The zero-order chi connectivity index (χ0) is 21.5. The molecule has 1 fully saturated rings. The molecule has 0 saturated carbocycles. The number of urea groups is 1. The third-order valence-corrected chi connectivity index (χ3v) is 5.22. The third kappa shape index (κ3) is 5.81. The number of aliphatic hydroxyl groups excluding tert-OH is 1. The Hall–Kier alpha value is -2.90. The molecule has 7 nitrogen and oxygen atoms in total. The van der Waals surface area contributed by atoms with Crippen molar-refractivity contribution in [2.75, 3.05) is 43.9 Å². The van der Waals surface area contributed by atoms with Gasteiger partial charge in [-0.2, -0.15) is 0 Å². The number of rotatable bonds is 8. The third-order valence-electron chi connectivity index (χ3n) is 5.22. The standard InChI is InChI=1S/C23H30N4O3/c1-26(2)16-18(22(29)17-7-4-3-5-8-17)15-24-23(30)25-19-10-12-20(13-11-19)27-14-6-9-21(27)28/h3-5,7-8,10-13,18,22,29H,6,9,14-16H2,1-2H3,(H2,24,25,30)/t18-,22+/m0/s1. The maximum absolute atomic E-state index is 12.4. The Balaban J connectivity index is 1.55. The minimum Gasteiger partial charge on any atom is -0.388 e. The molecule has 3 N–H and O–H groups in total. The number of nitrogens with one attached hydrogen (secondary N) is 2. The van der Waals surface area contributed by atoms with Crippen LogP contribution in [0.2, 0.25) is 0 Å². The molecule has 1 heterocycles. The maximum atomic E-state index is 12.4. The second-order valence-electron chi connectivity index (χ2n) is 7.91. The number of hydrogen-bond donors (Lipinski definition) is 3. The van der Waals surface area contributed by atoms with Crippen molar-refractivity contribution in [3.05, 3.63) is 60.2 Å². The van der Waals surface area contributed by atoms with Crippen molar-refractivity contribution in [3.63, 3.8) is 0 Å². The summed E-state index contributed by atoms with van der Waals surface area (Å²) in [4.78, 5) is 28.0. The SMILES string of the molecule is CN(C)C[C@H](CNC(=O)Nc1ccc(N2CCCC2=O)cc1)[C@H](O)c1ccccc1. The Morgan fingerprint density at radius 3 is 2.43 bits per heavy atom. The molecular weight excluding hydrogens is 380 g/mol. The average molecular weight is 411 g/mol. The summed E-state index contributed by atoms with van der Waals surface area (Å²) in [5.41, 5.74) is 2.33. The summed E-state index contributed by atoms with van der Waals surface area (Å²) in [7, 11) is 3.88. The minimum absolute atomic E-state index is 0.136. The van der Waals surface area contributed by atoms with E-state index in [2.05, 4.69) is 10.6 Å². The Kier molecular flexibility index (Phi) is 7.43. The highest BCUT2D eigenvalue weighted by molar-refractivity contribution is 5.96. The monoisotopic (exact) mass is 410 g/mol. The first kappa shape index (κ1) is 21.8. The van der Waals surface area contributed by atoms with Crippen LogP contribution in [0.3, 0.4) is 0 Å². The Morgan fingerprint density at radius 2 is 1.83 bits per heavy atom.